The van der Waals surface area contributed by atoms with Crippen molar-refractivity contribution in [2.75, 3.05) is 5.32 Å². The van der Waals surface area contributed by atoms with Gasteiger partial charge in [0, 0.05) is 17.4 Å². The summed E-state index contributed by atoms with van der Waals surface area (Å²) in [6.07, 6.45) is 0.826. The van der Waals surface area contributed by atoms with E-state index in [4.69, 9.17) is 0 Å². The Morgan fingerprint density at radius 1 is 1.15 bits per heavy atom. The van der Waals surface area contributed by atoms with Gasteiger partial charge in [0.25, 0.3) is 0 Å². The first-order valence-corrected chi connectivity index (χ1v) is 6.32. The fraction of sp³-hybridized carbons (Fsp3) is 0.0625. The maximum atomic E-state index is 13.1. The normalized spacial score (nSPS) is 10.7. The maximum Gasteiger partial charge on any atom is 0.154 e. The second-order valence-corrected chi connectivity index (χ2v) is 4.56. The van der Waals surface area contributed by atoms with Crippen molar-refractivity contribution in [2.24, 2.45) is 0 Å². The van der Waals surface area contributed by atoms with Crippen molar-refractivity contribution in [1.82, 2.24) is 4.98 Å². The Kier molecular flexibility index (Phi) is 3.21. The van der Waals surface area contributed by atoms with E-state index in [2.05, 4.69) is 10.3 Å². The van der Waals surface area contributed by atoms with Crippen LogP contribution in [0.3, 0.4) is 0 Å². The molecule has 2 N–H and O–H groups in total. The number of fused-ring (bicyclic) bond motifs is 1. The van der Waals surface area contributed by atoms with E-state index in [1.165, 1.54) is 12.1 Å². The molecule has 0 saturated carbocycles. The average Bonchev–Trinajstić information content (AvgIpc) is 2.82. The molecule has 2 aromatic carbocycles. The Hall–Kier alpha value is -2.62. The second kappa shape index (κ2) is 5.17. The van der Waals surface area contributed by atoms with Gasteiger partial charge in [0.2, 0.25) is 0 Å². The molecular weight excluding hydrogens is 255 g/mol. The highest BCUT2D eigenvalue weighted by molar-refractivity contribution is 6.03. The number of rotatable bonds is 4. The molecular formula is C16H13FN2O. The highest BCUT2D eigenvalue weighted by Crippen LogP contribution is 2.24. The first-order chi connectivity index (χ1) is 9.78. The van der Waals surface area contributed by atoms with Crippen LogP contribution in [0, 0.1) is 5.82 Å². The Bertz CT molecular complexity index is 764. The van der Waals surface area contributed by atoms with Gasteiger partial charge in [0.1, 0.15) is 11.6 Å². The lowest BCUT2D eigenvalue weighted by Gasteiger charge is -2.05. The summed E-state index contributed by atoms with van der Waals surface area (Å²) < 4.78 is 13.1. The maximum absolute atomic E-state index is 13.1. The number of benzene rings is 2. The largest absolute Gasteiger partial charge is 0.367 e. The molecule has 3 aromatic rings. The standard InChI is InChI=1S/C16H13FN2O/c17-12-5-3-4-11(8-12)9-18-16-14(10-20)13-6-1-2-7-15(13)19-16/h1-8,10,18-19H,9H2. The number of halogens is 1. The molecule has 1 heterocycles. The van der Waals surface area contributed by atoms with E-state index in [0.717, 1.165) is 22.8 Å². The van der Waals surface area contributed by atoms with Crippen molar-refractivity contribution in [2.45, 2.75) is 6.54 Å². The fourth-order valence-corrected chi connectivity index (χ4v) is 2.26. The molecule has 0 amide bonds. The van der Waals surface area contributed by atoms with Crippen LogP contribution >= 0.6 is 0 Å². The van der Waals surface area contributed by atoms with Crippen LogP contribution in [0.5, 0.6) is 0 Å². The van der Waals surface area contributed by atoms with Crippen molar-refractivity contribution in [3.8, 4) is 0 Å². The van der Waals surface area contributed by atoms with Gasteiger partial charge in [-0.1, -0.05) is 30.3 Å². The van der Waals surface area contributed by atoms with E-state index in [9.17, 15) is 9.18 Å². The summed E-state index contributed by atoms with van der Waals surface area (Å²) >= 11 is 0. The topological polar surface area (TPSA) is 44.9 Å². The number of aromatic nitrogens is 1. The average molecular weight is 268 g/mol. The molecule has 0 spiro atoms. The van der Waals surface area contributed by atoms with Crippen LogP contribution in [-0.2, 0) is 6.54 Å². The zero-order valence-electron chi connectivity index (χ0n) is 10.7. The predicted molar refractivity (Wildman–Crippen MR) is 77.4 cm³/mol. The first-order valence-electron chi connectivity index (χ1n) is 6.32. The van der Waals surface area contributed by atoms with Crippen LogP contribution in [0.1, 0.15) is 15.9 Å². The number of carbonyl (C=O) groups is 1. The molecule has 0 radical (unpaired) electrons. The summed E-state index contributed by atoms with van der Waals surface area (Å²) in [6, 6.07) is 14.0. The summed E-state index contributed by atoms with van der Waals surface area (Å²) in [4.78, 5) is 14.4. The van der Waals surface area contributed by atoms with Crippen LogP contribution in [-0.4, -0.2) is 11.3 Å². The van der Waals surface area contributed by atoms with Gasteiger partial charge in [-0.05, 0) is 23.8 Å². The lowest BCUT2D eigenvalue weighted by Crippen LogP contribution is -2.02. The number of nitrogens with one attached hydrogen (secondary N) is 2. The highest BCUT2D eigenvalue weighted by atomic mass is 19.1. The predicted octanol–water partition coefficient (Wildman–Crippen LogP) is 3.73. The van der Waals surface area contributed by atoms with Crippen molar-refractivity contribution in [3.05, 3.63) is 65.5 Å². The molecule has 3 rings (SSSR count). The van der Waals surface area contributed by atoms with E-state index in [1.807, 2.05) is 30.3 Å². The zero-order valence-corrected chi connectivity index (χ0v) is 10.7. The number of hydrogen-bond donors (Lipinski definition) is 2. The SMILES string of the molecule is O=Cc1c(NCc2cccc(F)c2)[nH]c2ccccc12. The minimum atomic E-state index is -0.267. The molecule has 0 atom stereocenters. The van der Waals surface area contributed by atoms with Crippen LogP contribution < -0.4 is 5.32 Å². The molecule has 0 saturated heterocycles. The summed E-state index contributed by atoms with van der Waals surface area (Å²) in [5.41, 5.74) is 2.31. The number of H-pyrrole nitrogens is 1. The van der Waals surface area contributed by atoms with E-state index >= 15 is 0 Å². The van der Waals surface area contributed by atoms with E-state index < -0.39 is 0 Å². The Balaban J connectivity index is 1.89. The van der Waals surface area contributed by atoms with Crippen LogP contribution in [0.15, 0.2) is 48.5 Å². The molecule has 0 aliphatic carbocycles. The van der Waals surface area contributed by atoms with Gasteiger partial charge < -0.3 is 10.3 Å². The number of carbonyl (C=O) groups excluding carboxylic acids is 1. The van der Waals surface area contributed by atoms with Crippen LogP contribution in [0.4, 0.5) is 10.2 Å². The van der Waals surface area contributed by atoms with E-state index in [0.29, 0.717) is 17.9 Å². The number of hydrogen-bond acceptors (Lipinski definition) is 2. The molecule has 0 fully saturated rings. The minimum Gasteiger partial charge on any atom is -0.367 e. The molecule has 3 nitrogen and oxygen atoms in total. The van der Waals surface area contributed by atoms with Crippen molar-refractivity contribution < 1.29 is 9.18 Å². The van der Waals surface area contributed by atoms with Gasteiger partial charge >= 0.3 is 0 Å². The molecule has 0 aliphatic rings. The molecule has 0 bridgehead atoms. The molecule has 0 aliphatic heterocycles. The number of anilines is 1. The Morgan fingerprint density at radius 2 is 2.00 bits per heavy atom. The summed E-state index contributed by atoms with van der Waals surface area (Å²) in [5.74, 6) is 0.391. The van der Waals surface area contributed by atoms with Gasteiger partial charge in [-0.2, -0.15) is 0 Å². The zero-order chi connectivity index (χ0) is 13.9. The summed E-state index contributed by atoms with van der Waals surface area (Å²) in [5, 5.41) is 4.02. The monoisotopic (exact) mass is 268 g/mol. The minimum absolute atomic E-state index is 0.267. The Labute approximate surface area is 115 Å². The molecule has 1 aromatic heterocycles. The van der Waals surface area contributed by atoms with Gasteiger partial charge in [0.05, 0.1) is 5.56 Å². The third-order valence-electron chi connectivity index (χ3n) is 3.22. The molecule has 0 unspecified atom stereocenters. The lowest BCUT2D eigenvalue weighted by atomic mass is 10.2. The van der Waals surface area contributed by atoms with E-state index in [1.54, 1.807) is 6.07 Å². The number of aldehydes is 1. The smallest absolute Gasteiger partial charge is 0.154 e. The molecule has 4 heteroatoms. The van der Waals surface area contributed by atoms with Crippen LogP contribution in [0.2, 0.25) is 0 Å². The Morgan fingerprint density at radius 3 is 2.80 bits per heavy atom. The quantitative estimate of drug-likeness (QED) is 0.708. The van der Waals surface area contributed by atoms with Gasteiger partial charge in [-0.3, -0.25) is 4.79 Å². The van der Waals surface area contributed by atoms with Gasteiger partial charge in [-0.15, -0.1) is 0 Å². The highest BCUT2D eigenvalue weighted by Gasteiger charge is 2.09. The van der Waals surface area contributed by atoms with E-state index in [-0.39, 0.29) is 5.82 Å². The number of aromatic amines is 1. The van der Waals surface area contributed by atoms with Gasteiger partial charge in [0.15, 0.2) is 6.29 Å². The van der Waals surface area contributed by atoms with Crippen molar-refractivity contribution >= 4 is 23.0 Å². The summed E-state index contributed by atoms with van der Waals surface area (Å²) in [7, 11) is 0. The molecule has 20 heavy (non-hydrogen) atoms. The lowest BCUT2D eigenvalue weighted by molar-refractivity contribution is 0.112. The van der Waals surface area contributed by atoms with Crippen molar-refractivity contribution in [3.63, 3.8) is 0 Å². The number of para-hydroxylation sites is 1. The first kappa shape index (κ1) is 12.4. The van der Waals surface area contributed by atoms with Gasteiger partial charge in [-0.25, -0.2) is 4.39 Å². The fourth-order valence-electron chi connectivity index (χ4n) is 2.26. The van der Waals surface area contributed by atoms with Crippen LogP contribution in [0.25, 0.3) is 10.9 Å². The van der Waals surface area contributed by atoms with Crippen molar-refractivity contribution in [1.29, 1.82) is 0 Å². The third-order valence-corrected chi connectivity index (χ3v) is 3.22. The summed E-state index contributed by atoms with van der Waals surface area (Å²) in [6.45, 7) is 0.450. The third kappa shape index (κ3) is 2.28. The second-order valence-electron chi connectivity index (χ2n) is 4.56. The molecule has 100 valence electrons.